The summed E-state index contributed by atoms with van der Waals surface area (Å²) in [5.74, 6) is -1.33. The number of para-hydroxylation sites is 1. The van der Waals surface area contributed by atoms with Crippen molar-refractivity contribution in [2.24, 2.45) is 0 Å². The molecule has 0 unspecified atom stereocenters. The molecule has 0 saturated heterocycles. The normalized spacial score (nSPS) is 11.1. The van der Waals surface area contributed by atoms with Crippen LogP contribution in [0.4, 0.5) is 18.9 Å². The van der Waals surface area contributed by atoms with Crippen LogP contribution in [0.5, 0.6) is 0 Å². The quantitative estimate of drug-likeness (QED) is 0.430. The van der Waals surface area contributed by atoms with Gasteiger partial charge in [0.05, 0.1) is 11.6 Å². The Bertz CT molecular complexity index is 1320. The number of hydrogen-bond donors (Lipinski definition) is 1. The van der Waals surface area contributed by atoms with Crippen LogP contribution in [0.25, 0.3) is 11.1 Å². The zero-order valence-electron chi connectivity index (χ0n) is 18.4. The van der Waals surface area contributed by atoms with Crippen molar-refractivity contribution in [2.75, 3.05) is 11.9 Å². The van der Waals surface area contributed by atoms with Crippen LogP contribution in [0.15, 0.2) is 54.7 Å². The van der Waals surface area contributed by atoms with E-state index in [2.05, 4.69) is 4.98 Å². The summed E-state index contributed by atoms with van der Waals surface area (Å²) in [5, 5.41) is 18.4. The van der Waals surface area contributed by atoms with Crippen LogP contribution in [-0.2, 0) is 17.4 Å². The van der Waals surface area contributed by atoms with E-state index in [-0.39, 0.29) is 33.7 Å². The Morgan fingerprint density at radius 3 is 2.51 bits per heavy atom. The van der Waals surface area contributed by atoms with E-state index in [1.54, 1.807) is 37.4 Å². The zero-order valence-corrected chi connectivity index (χ0v) is 19.2. The molecule has 180 valence electrons. The van der Waals surface area contributed by atoms with Crippen LogP contribution in [0.1, 0.15) is 40.0 Å². The molecule has 0 aliphatic heterocycles. The molecule has 1 amide bonds. The number of carbonyl (C=O) groups excluding carboxylic acids is 1. The number of alkyl halides is 3. The summed E-state index contributed by atoms with van der Waals surface area (Å²) >= 11 is 6.27. The van der Waals surface area contributed by atoms with E-state index in [1.165, 1.54) is 23.1 Å². The summed E-state index contributed by atoms with van der Waals surface area (Å²) in [6.07, 6.45) is -2.95. The van der Waals surface area contributed by atoms with Gasteiger partial charge in [0, 0.05) is 47.1 Å². The lowest BCUT2D eigenvalue weighted by Crippen LogP contribution is -2.27. The van der Waals surface area contributed by atoms with Crippen molar-refractivity contribution in [3.8, 4) is 17.2 Å². The van der Waals surface area contributed by atoms with Crippen molar-refractivity contribution in [2.45, 2.75) is 25.4 Å². The lowest BCUT2D eigenvalue weighted by molar-refractivity contribution is -0.141. The monoisotopic (exact) mass is 501 g/mol. The lowest BCUT2D eigenvalue weighted by atomic mass is 9.99. The van der Waals surface area contributed by atoms with Crippen molar-refractivity contribution in [1.82, 2.24) is 4.98 Å². The molecule has 6 nitrogen and oxygen atoms in total. The van der Waals surface area contributed by atoms with Crippen LogP contribution in [0.2, 0.25) is 5.02 Å². The minimum atomic E-state index is -4.72. The molecule has 1 heterocycles. The van der Waals surface area contributed by atoms with Crippen LogP contribution >= 0.6 is 11.6 Å². The number of aliphatic carboxylic acids is 1. The number of hydrogen-bond acceptors (Lipinski definition) is 4. The summed E-state index contributed by atoms with van der Waals surface area (Å²) in [6, 6.07) is 13.8. The maximum atomic E-state index is 13.3. The molecule has 0 spiro atoms. The Hall–Kier alpha value is -3.90. The highest BCUT2D eigenvalue weighted by molar-refractivity contribution is 6.33. The van der Waals surface area contributed by atoms with E-state index in [4.69, 9.17) is 16.7 Å². The highest BCUT2D eigenvalue weighted by Crippen LogP contribution is 2.35. The Labute approximate surface area is 204 Å². The minimum absolute atomic E-state index is 0.00503. The second-order valence-electron chi connectivity index (χ2n) is 7.66. The van der Waals surface area contributed by atoms with Gasteiger partial charge in [-0.3, -0.25) is 14.6 Å². The zero-order chi connectivity index (χ0) is 25.8. The van der Waals surface area contributed by atoms with Crippen molar-refractivity contribution < 1.29 is 27.9 Å². The van der Waals surface area contributed by atoms with E-state index < -0.39 is 23.7 Å². The summed E-state index contributed by atoms with van der Waals surface area (Å²) in [4.78, 5) is 28.9. The fourth-order valence-corrected chi connectivity index (χ4v) is 3.78. The number of carboxylic acids is 1. The number of anilines is 1. The van der Waals surface area contributed by atoms with Gasteiger partial charge < -0.3 is 10.0 Å². The van der Waals surface area contributed by atoms with Gasteiger partial charge in [-0.15, -0.1) is 0 Å². The molecule has 3 rings (SSSR count). The average Bonchev–Trinajstić information content (AvgIpc) is 2.82. The number of nitriles is 1. The number of benzene rings is 2. The van der Waals surface area contributed by atoms with Gasteiger partial charge in [0.1, 0.15) is 5.69 Å². The second-order valence-corrected chi connectivity index (χ2v) is 8.07. The molecule has 10 heteroatoms. The number of pyridine rings is 1. The topological polar surface area (TPSA) is 94.3 Å². The first-order chi connectivity index (χ1) is 16.5. The van der Waals surface area contributed by atoms with Gasteiger partial charge in [-0.05, 0) is 48.7 Å². The summed E-state index contributed by atoms with van der Waals surface area (Å²) in [7, 11) is 1.56. The van der Waals surface area contributed by atoms with Gasteiger partial charge in [0.25, 0.3) is 5.91 Å². The maximum Gasteiger partial charge on any atom is 0.433 e. The SMILES string of the molecule is CN(C(=O)c1ccc(Cl)c(-c2cnc(C(F)(F)F)cc2C#N)c1)c1ccccc1CCCC(=O)O. The molecule has 0 atom stereocenters. The number of carboxylic acid groups (broad SMARTS) is 1. The smallest absolute Gasteiger partial charge is 0.433 e. The third kappa shape index (κ3) is 5.97. The lowest BCUT2D eigenvalue weighted by Gasteiger charge is -2.21. The highest BCUT2D eigenvalue weighted by atomic mass is 35.5. The van der Waals surface area contributed by atoms with Crippen LogP contribution < -0.4 is 4.90 Å². The molecular formula is C25H19ClF3N3O3. The van der Waals surface area contributed by atoms with E-state index in [0.29, 0.717) is 24.6 Å². The van der Waals surface area contributed by atoms with Crippen molar-refractivity contribution in [1.29, 1.82) is 5.26 Å². The predicted octanol–water partition coefficient (Wildman–Crippen LogP) is 5.98. The standard InChI is InChI=1S/C25H19ClF3N3O3/c1-32(21-7-3-2-5-15(21)6-4-8-23(33)34)24(35)16-9-10-20(26)18(11-16)19-14-31-22(25(27,28)29)12-17(19)13-30/h2-3,5,7,9-12,14H,4,6,8H2,1H3,(H,33,34). The van der Waals surface area contributed by atoms with E-state index >= 15 is 0 Å². The second kappa shape index (κ2) is 10.6. The van der Waals surface area contributed by atoms with E-state index in [1.807, 2.05) is 0 Å². The van der Waals surface area contributed by atoms with Crippen LogP contribution in [0.3, 0.4) is 0 Å². The molecule has 0 aliphatic carbocycles. The largest absolute Gasteiger partial charge is 0.481 e. The Morgan fingerprint density at radius 2 is 1.86 bits per heavy atom. The molecule has 1 aromatic heterocycles. The highest BCUT2D eigenvalue weighted by Gasteiger charge is 2.33. The third-order valence-corrected chi connectivity index (χ3v) is 5.64. The van der Waals surface area contributed by atoms with Gasteiger partial charge in [-0.1, -0.05) is 29.8 Å². The number of amides is 1. The Morgan fingerprint density at radius 1 is 1.14 bits per heavy atom. The average molecular weight is 502 g/mol. The van der Waals surface area contributed by atoms with Gasteiger partial charge in [0.15, 0.2) is 0 Å². The summed E-state index contributed by atoms with van der Waals surface area (Å²) < 4.78 is 39.0. The molecule has 35 heavy (non-hydrogen) atoms. The van der Waals surface area contributed by atoms with Crippen LogP contribution in [0, 0.1) is 11.3 Å². The molecule has 0 fully saturated rings. The van der Waals surface area contributed by atoms with E-state index in [9.17, 15) is 28.0 Å². The minimum Gasteiger partial charge on any atom is -0.481 e. The number of carbonyl (C=O) groups is 2. The van der Waals surface area contributed by atoms with Crippen molar-refractivity contribution in [3.05, 3.63) is 82.1 Å². The van der Waals surface area contributed by atoms with Crippen molar-refractivity contribution >= 4 is 29.2 Å². The van der Waals surface area contributed by atoms with Gasteiger partial charge in [-0.2, -0.15) is 18.4 Å². The third-order valence-electron chi connectivity index (χ3n) is 5.31. The molecule has 0 radical (unpaired) electrons. The van der Waals surface area contributed by atoms with Gasteiger partial charge >= 0.3 is 12.1 Å². The molecule has 0 saturated carbocycles. The number of aryl methyl sites for hydroxylation is 1. The first-order valence-electron chi connectivity index (χ1n) is 10.4. The number of rotatable bonds is 7. The fraction of sp³-hybridized carbons (Fsp3) is 0.200. The number of aromatic nitrogens is 1. The predicted molar refractivity (Wildman–Crippen MR) is 124 cm³/mol. The van der Waals surface area contributed by atoms with Crippen LogP contribution in [-0.4, -0.2) is 29.0 Å². The summed E-state index contributed by atoms with van der Waals surface area (Å²) in [6.45, 7) is 0. The number of halogens is 4. The molecule has 0 aliphatic rings. The molecular weight excluding hydrogens is 483 g/mol. The molecule has 3 aromatic rings. The van der Waals surface area contributed by atoms with E-state index in [0.717, 1.165) is 11.8 Å². The number of nitrogens with zero attached hydrogens (tertiary/aromatic N) is 3. The van der Waals surface area contributed by atoms with Crippen molar-refractivity contribution in [3.63, 3.8) is 0 Å². The maximum absolute atomic E-state index is 13.3. The summed E-state index contributed by atoms with van der Waals surface area (Å²) in [5.41, 5.74) is 0.341. The molecule has 0 bridgehead atoms. The first kappa shape index (κ1) is 25.7. The Kier molecular flexibility index (Phi) is 7.77. The first-order valence-corrected chi connectivity index (χ1v) is 10.8. The Balaban J connectivity index is 1.96. The molecule has 2 aromatic carbocycles. The van der Waals surface area contributed by atoms with Gasteiger partial charge in [-0.25, -0.2) is 0 Å². The molecule has 1 N–H and O–H groups in total. The van der Waals surface area contributed by atoms with Gasteiger partial charge in [0.2, 0.25) is 0 Å². The fourth-order valence-electron chi connectivity index (χ4n) is 3.56.